The number of ether oxygens (including phenoxy) is 1. The second-order valence-corrected chi connectivity index (χ2v) is 7.24. The number of hydrogen-bond donors (Lipinski definition) is 2. The second-order valence-electron chi connectivity index (χ2n) is 6.84. The van der Waals surface area contributed by atoms with E-state index < -0.39 is 6.03 Å². The van der Waals surface area contributed by atoms with Gasteiger partial charge in [-0.1, -0.05) is 42.3 Å². The number of nitrogens with one attached hydrogen (secondary N) is 2. The van der Waals surface area contributed by atoms with Crippen LogP contribution in [0.25, 0.3) is 6.08 Å². The maximum absolute atomic E-state index is 12.3. The van der Waals surface area contributed by atoms with Crippen molar-refractivity contribution in [1.29, 1.82) is 0 Å². The summed E-state index contributed by atoms with van der Waals surface area (Å²) in [7, 11) is 0. The Morgan fingerprint density at radius 2 is 1.93 bits per heavy atom. The summed E-state index contributed by atoms with van der Waals surface area (Å²) >= 11 is 6.25. The first-order valence-corrected chi connectivity index (χ1v) is 9.88. The summed E-state index contributed by atoms with van der Waals surface area (Å²) in [6.07, 6.45) is 2.23. The number of carbonyl (C=O) groups is 3. The van der Waals surface area contributed by atoms with E-state index in [0.29, 0.717) is 30.0 Å². The van der Waals surface area contributed by atoms with Gasteiger partial charge in [-0.15, -0.1) is 0 Å². The van der Waals surface area contributed by atoms with E-state index >= 15 is 0 Å². The molecule has 0 aromatic heterocycles. The molecule has 0 spiro atoms. The van der Waals surface area contributed by atoms with Crippen LogP contribution in [0.4, 0.5) is 10.5 Å². The molecule has 0 radical (unpaired) electrons. The summed E-state index contributed by atoms with van der Waals surface area (Å²) in [6.45, 7) is 4.02. The highest BCUT2D eigenvalue weighted by molar-refractivity contribution is 6.32. The lowest BCUT2D eigenvalue weighted by Crippen LogP contribution is -2.31. The van der Waals surface area contributed by atoms with Gasteiger partial charge in [0.25, 0.3) is 11.8 Å². The van der Waals surface area contributed by atoms with Crippen LogP contribution in [0.2, 0.25) is 5.02 Å². The molecule has 0 aliphatic carbocycles. The first-order chi connectivity index (χ1) is 14.4. The fourth-order valence-electron chi connectivity index (χ4n) is 2.87. The van der Waals surface area contributed by atoms with Crippen LogP contribution in [-0.2, 0) is 9.59 Å². The number of hydrogen-bond acceptors (Lipinski definition) is 4. The van der Waals surface area contributed by atoms with Crippen molar-refractivity contribution >= 4 is 41.2 Å². The zero-order valence-corrected chi connectivity index (χ0v) is 17.5. The minimum absolute atomic E-state index is 0.190. The van der Waals surface area contributed by atoms with E-state index in [2.05, 4.69) is 10.6 Å². The first kappa shape index (κ1) is 21.4. The van der Waals surface area contributed by atoms with Crippen molar-refractivity contribution in [3.05, 3.63) is 64.3 Å². The van der Waals surface area contributed by atoms with E-state index in [1.807, 2.05) is 38.1 Å². The Morgan fingerprint density at radius 3 is 2.60 bits per heavy atom. The lowest BCUT2D eigenvalue weighted by molar-refractivity contribution is -0.123. The van der Waals surface area contributed by atoms with E-state index in [0.717, 1.165) is 10.5 Å². The van der Waals surface area contributed by atoms with Crippen LogP contribution in [0.3, 0.4) is 0 Å². The van der Waals surface area contributed by atoms with Crippen molar-refractivity contribution in [2.24, 2.45) is 0 Å². The largest absolute Gasteiger partial charge is 0.482 e. The molecule has 0 bridgehead atoms. The van der Waals surface area contributed by atoms with Crippen LogP contribution >= 0.6 is 11.6 Å². The van der Waals surface area contributed by atoms with Crippen LogP contribution < -0.4 is 15.4 Å². The maximum atomic E-state index is 12.3. The topological polar surface area (TPSA) is 87.7 Å². The predicted molar refractivity (Wildman–Crippen MR) is 115 cm³/mol. The molecule has 1 fully saturated rings. The Hall–Kier alpha value is -3.32. The van der Waals surface area contributed by atoms with E-state index in [-0.39, 0.29) is 29.1 Å². The highest BCUT2D eigenvalue weighted by Crippen LogP contribution is 2.27. The molecule has 8 heteroatoms. The molecule has 0 unspecified atom stereocenters. The fraction of sp³-hybridized carbons (Fsp3) is 0.227. The summed E-state index contributed by atoms with van der Waals surface area (Å²) in [5, 5.41) is 5.59. The highest BCUT2D eigenvalue weighted by Gasteiger charge is 2.32. The van der Waals surface area contributed by atoms with Gasteiger partial charge in [-0.25, -0.2) is 4.79 Å². The predicted octanol–water partition coefficient (Wildman–Crippen LogP) is 3.97. The van der Waals surface area contributed by atoms with Crippen LogP contribution in [0, 0.1) is 6.92 Å². The summed E-state index contributed by atoms with van der Waals surface area (Å²) in [5.74, 6) is -0.338. The third-order valence-electron chi connectivity index (χ3n) is 4.37. The van der Waals surface area contributed by atoms with Gasteiger partial charge in [0, 0.05) is 12.2 Å². The molecule has 1 saturated heterocycles. The van der Waals surface area contributed by atoms with Gasteiger partial charge in [0.15, 0.2) is 6.61 Å². The molecule has 0 atom stereocenters. The highest BCUT2D eigenvalue weighted by atomic mass is 35.5. The Balaban J connectivity index is 1.61. The summed E-state index contributed by atoms with van der Waals surface area (Å²) in [6, 6.07) is 11.9. The molecule has 3 rings (SSSR count). The number of rotatable bonds is 7. The number of imide groups is 1. The zero-order valence-electron chi connectivity index (χ0n) is 16.7. The van der Waals surface area contributed by atoms with Crippen LogP contribution in [0.15, 0.2) is 48.2 Å². The van der Waals surface area contributed by atoms with Crippen LogP contribution in [0.5, 0.6) is 5.75 Å². The van der Waals surface area contributed by atoms with Crippen molar-refractivity contribution in [3.8, 4) is 5.75 Å². The molecule has 7 nitrogen and oxygen atoms in total. The standard InChI is InChI=1S/C22H22ClN3O4/c1-3-10-26-21(28)18(25-22(26)29)12-15-6-9-19(17(23)11-15)30-13-20(27)24-16-7-4-14(2)5-8-16/h4-9,11-12H,3,10,13H2,1-2H3,(H,24,27)(H,25,29)/b18-12+. The van der Waals surface area contributed by atoms with Crippen molar-refractivity contribution in [1.82, 2.24) is 10.2 Å². The molecule has 30 heavy (non-hydrogen) atoms. The monoisotopic (exact) mass is 427 g/mol. The molecule has 1 heterocycles. The second kappa shape index (κ2) is 9.45. The average Bonchev–Trinajstić information content (AvgIpc) is 2.97. The lowest BCUT2D eigenvalue weighted by atomic mass is 10.2. The Kier molecular flexibility index (Phi) is 6.74. The quantitative estimate of drug-likeness (QED) is 0.517. The number of halogens is 1. The van der Waals surface area contributed by atoms with Gasteiger partial charge in [-0.2, -0.15) is 0 Å². The van der Waals surface area contributed by atoms with Gasteiger partial charge in [-0.3, -0.25) is 14.5 Å². The van der Waals surface area contributed by atoms with E-state index in [9.17, 15) is 14.4 Å². The lowest BCUT2D eigenvalue weighted by Gasteiger charge is -2.10. The Morgan fingerprint density at radius 1 is 1.20 bits per heavy atom. The summed E-state index contributed by atoms with van der Waals surface area (Å²) < 4.78 is 5.50. The van der Waals surface area contributed by atoms with Gasteiger partial charge < -0.3 is 15.4 Å². The van der Waals surface area contributed by atoms with E-state index in [4.69, 9.17) is 16.3 Å². The first-order valence-electron chi connectivity index (χ1n) is 9.51. The molecular weight excluding hydrogens is 406 g/mol. The minimum Gasteiger partial charge on any atom is -0.482 e. The fourth-order valence-corrected chi connectivity index (χ4v) is 3.11. The number of carbonyl (C=O) groups excluding carboxylic acids is 3. The number of urea groups is 1. The minimum atomic E-state index is -0.432. The van der Waals surface area contributed by atoms with Gasteiger partial charge in [0.05, 0.1) is 5.02 Å². The number of anilines is 1. The molecule has 2 aromatic carbocycles. The summed E-state index contributed by atoms with van der Waals surface area (Å²) in [4.78, 5) is 37.4. The van der Waals surface area contributed by atoms with E-state index in [1.54, 1.807) is 24.3 Å². The molecule has 0 saturated carbocycles. The van der Waals surface area contributed by atoms with Crippen LogP contribution in [-0.4, -0.2) is 35.9 Å². The number of benzene rings is 2. The number of amides is 4. The van der Waals surface area contributed by atoms with Crippen molar-refractivity contribution in [2.75, 3.05) is 18.5 Å². The SMILES string of the molecule is CCCN1C(=O)N/C(=C/c2ccc(OCC(=O)Nc3ccc(C)cc3)c(Cl)c2)C1=O. The molecule has 1 aliphatic rings. The van der Waals surface area contributed by atoms with Crippen LogP contribution in [0.1, 0.15) is 24.5 Å². The number of nitrogens with zero attached hydrogens (tertiary/aromatic N) is 1. The summed E-state index contributed by atoms with van der Waals surface area (Å²) in [5.41, 5.74) is 2.60. The molecule has 1 aliphatic heterocycles. The molecule has 2 N–H and O–H groups in total. The van der Waals surface area contributed by atoms with Crippen molar-refractivity contribution < 1.29 is 19.1 Å². The zero-order chi connectivity index (χ0) is 21.7. The van der Waals surface area contributed by atoms with Gasteiger partial charge >= 0.3 is 6.03 Å². The van der Waals surface area contributed by atoms with E-state index in [1.165, 1.54) is 0 Å². The average molecular weight is 428 g/mol. The Labute approximate surface area is 179 Å². The number of aryl methyl sites for hydroxylation is 1. The van der Waals surface area contributed by atoms with Gasteiger partial charge in [0.2, 0.25) is 0 Å². The van der Waals surface area contributed by atoms with Gasteiger partial charge in [0.1, 0.15) is 11.4 Å². The van der Waals surface area contributed by atoms with Crippen molar-refractivity contribution in [2.45, 2.75) is 20.3 Å². The third-order valence-corrected chi connectivity index (χ3v) is 4.67. The smallest absolute Gasteiger partial charge is 0.329 e. The normalized spacial score (nSPS) is 14.8. The molecular formula is C22H22ClN3O4. The molecule has 156 valence electrons. The molecule has 2 aromatic rings. The Bertz CT molecular complexity index is 1000. The van der Waals surface area contributed by atoms with Gasteiger partial charge in [-0.05, 0) is 49.2 Å². The maximum Gasteiger partial charge on any atom is 0.329 e. The molecule has 4 amide bonds. The third kappa shape index (κ3) is 5.18. The van der Waals surface area contributed by atoms with Crippen molar-refractivity contribution in [3.63, 3.8) is 0 Å².